The lowest BCUT2D eigenvalue weighted by Crippen LogP contribution is -2.38. The van der Waals surface area contributed by atoms with Crippen molar-refractivity contribution in [2.45, 2.75) is 39.4 Å². The molecule has 0 aliphatic carbocycles. The number of aliphatic imine (C=N–C) groups is 1. The first kappa shape index (κ1) is 25.7. The van der Waals surface area contributed by atoms with Crippen LogP contribution in [0.4, 0.5) is 5.82 Å². The lowest BCUT2D eigenvalue weighted by atomic mass is 10.1. The van der Waals surface area contributed by atoms with Gasteiger partial charge in [-0.15, -0.1) is 24.0 Å². The van der Waals surface area contributed by atoms with E-state index < -0.39 is 0 Å². The van der Waals surface area contributed by atoms with Gasteiger partial charge in [0.1, 0.15) is 5.82 Å². The first-order valence-corrected chi connectivity index (χ1v) is 11.9. The van der Waals surface area contributed by atoms with Crippen LogP contribution < -0.4 is 15.5 Å². The fraction of sp³-hybridized carbons (Fsp3) is 0.520. The molecule has 1 aromatic heterocycles. The van der Waals surface area contributed by atoms with Crippen LogP contribution in [0.2, 0.25) is 0 Å². The highest BCUT2D eigenvalue weighted by atomic mass is 127. The Morgan fingerprint density at radius 2 is 1.76 bits per heavy atom. The maximum atomic E-state index is 5.48. The molecule has 2 aliphatic heterocycles. The summed E-state index contributed by atoms with van der Waals surface area (Å²) >= 11 is 0. The van der Waals surface area contributed by atoms with Crippen molar-refractivity contribution in [2.75, 3.05) is 50.8 Å². The zero-order valence-corrected chi connectivity index (χ0v) is 22.0. The van der Waals surface area contributed by atoms with Crippen molar-refractivity contribution in [1.82, 2.24) is 20.5 Å². The van der Waals surface area contributed by atoms with Crippen molar-refractivity contribution < 1.29 is 4.74 Å². The maximum absolute atomic E-state index is 5.48. The van der Waals surface area contributed by atoms with Gasteiger partial charge in [0.05, 0.1) is 19.8 Å². The molecule has 8 heteroatoms. The molecule has 33 heavy (non-hydrogen) atoms. The Morgan fingerprint density at radius 1 is 1.00 bits per heavy atom. The number of pyridine rings is 1. The van der Waals surface area contributed by atoms with E-state index in [1.165, 1.54) is 24.0 Å². The summed E-state index contributed by atoms with van der Waals surface area (Å²) in [5.41, 5.74) is 3.79. The summed E-state index contributed by atoms with van der Waals surface area (Å²) in [6.07, 6.45) is 4.49. The number of aromatic nitrogens is 1. The third-order valence-electron chi connectivity index (χ3n) is 6.07. The number of halogens is 1. The number of anilines is 1. The van der Waals surface area contributed by atoms with Crippen LogP contribution in [0.15, 0.2) is 47.6 Å². The predicted octanol–water partition coefficient (Wildman–Crippen LogP) is 3.39. The quantitative estimate of drug-likeness (QED) is 0.291. The molecule has 0 saturated carbocycles. The molecule has 180 valence electrons. The van der Waals surface area contributed by atoms with Crippen LogP contribution in [0.1, 0.15) is 36.5 Å². The minimum absolute atomic E-state index is 0. The minimum atomic E-state index is 0. The van der Waals surface area contributed by atoms with Crippen LogP contribution in [0.5, 0.6) is 0 Å². The monoisotopic (exact) mass is 564 g/mol. The predicted molar refractivity (Wildman–Crippen MR) is 145 cm³/mol. The van der Waals surface area contributed by atoms with Crippen molar-refractivity contribution >= 4 is 35.8 Å². The molecule has 0 bridgehead atoms. The lowest BCUT2D eigenvalue weighted by Gasteiger charge is -2.27. The largest absolute Gasteiger partial charge is 0.379 e. The number of guanidine groups is 1. The molecule has 0 spiro atoms. The van der Waals surface area contributed by atoms with E-state index in [1.54, 1.807) is 0 Å². The second-order valence-corrected chi connectivity index (χ2v) is 8.42. The summed E-state index contributed by atoms with van der Waals surface area (Å²) in [7, 11) is 0. The Morgan fingerprint density at radius 3 is 2.45 bits per heavy atom. The third-order valence-corrected chi connectivity index (χ3v) is 6.07. The fourth-order valence-electron chi connectivity index (χ4n) is 4.22. The highest BCUT2D eigenvalue weighted by Gasteiger charge is 2.14. The average molecular weight is 565 g/mol. The van der Waals surface area contributed by atoms with Gasteiger partial charge in [0.2, 0.25) is 0 Å². The van der Waals surface area contributed by atoms with E-state index in [1.807, 2.05) is 6.20 Å². The Kier molecular flexibility index (Phi) is 10.7. The van der Waals surface area contributed by atoms with Crippen LogP contribution in [-0.4, -0.2) is 61.8 Å². The summed E-state index contributed by atoms with van der Waals surface area (Å²) in [6, 6.07) is 12.9. The molecular weight excluding hydrogens is 527 g/mol. The van der Waals surface area contributed by atoms with Crippen LogP contribution in [0.25, 0.3) is 0 Å². The van der Waals surface area contributed by atoms with Gasteiger partial charge in [0.25, 0.3) is 0 Å². The highest BCUT2D eigenvalue weighted by molar-refractivity contribution is 14.0. The molecule has 3 heterocycles. The summed E-state index contributed by atoms with van der Waals surface area (Å²) in [5.74, 6) is 1.91. The smallest absolute Gasteiger partial charge is 0.191 e. The Balaban J connectivity index is 0.00000306. The number of morpholine rings is 1. The van der Waals surface area contributed by atoms with E-state index in [0.717, 1.165) is 76.4 Å². The first-order valence-electron chi connectivity index (χ1n) is 11.9. The molecule has 0 amide bonds. The van der Waals surface area contributed by atoms with E-state index in [2.05, 4.69) is 68.7 Å². The van der Waals surface area contributed by atoms with Gasteiger partial charge in [-0.1, -0.05) is 30.3 Å². The van der Waals surface area contributed by atoms with Gasteiger partial charge in [-0.25, -0.2) is 9.98 Å². The zero-order chi connectivity index (χ0) is 22.0. The van der Waals surface area contributed by atoms with Crippen LogP contribution >= 0.6 is 24.0 Å². The van der Waals surface area contributed by atoms with Gasteiger partial charge in [-0.2, -0.15) is 0 Å². The molecule has 1 aromatic carbocycles. The Labute approximate surface area is 215 Å². The number of ether oxygens (including phenoxy) is 1. The van der Waals surface area contributed by atoms with E-state index in [0.29, 0.717) is 6.54 Å². The standard InChI is InChI=1S/C25H36N6O.HI/c1-2-26-25(28-18-21-9-10-24(27-17-21)31-11-5-6-12-31)29-19-22-7-3-4-8-23(22)20-30-13-15-32-16-14-30;/h3-4,7-10,17H,2,5-6,11-16,18-20H2,1H3,(H2,26,28,29);1H. The molecule has 0 atom stereocenters. The maximum Gasteiger partial charge on any atom is 0.191 e. The van der Waals surface area contributed by atoms with E-state index >= 15 is 0 Å². The molecule has 2 fully saturated rings. The Hall–Kier alpha value is -1.91. The van der Waals surface area contributed by atoms with E-state index in [4.69, 9.17) is 9.73 Å². The summed E-state index contributed by atoms with van der Waals surface area (Å²) in [4.78, 5) is 14.2. The van der Waals surface area contributed by atoms with Gasteiger partial charge in [0, 0.05) is 52.0 Å². The minimum Gasteiger partial charge on any atom is -0.379 e. The molecule has 2 aliphatic rings. The van der Waals surface area contributed by atoms with Gasteiger partial charge >= 0.3 is 0 Å². The third kappa shape index (κ3) is 7.82. The van der Waals surface area contributed by atoms with Crippen LogP contribution in [0.3, 0.4) is 0 Å². The Bertz CT molecular complexity index is 863. The van der Waals surface area contributed by atoms with Crippen molar-refractivity contribution in [3.05, 3.63) is 59.3 Å². The molecule has 2 saturated heterocycles. The van der Waals surface area contributed by atoms with Crippen molar-refractivity contribution in [2.24, 2.45) is 4.99 Å². The molecule has 2 N–H and O–H groups in total. The fourth-order valence-corrected chi connectivity index (χ4v) is 4.22. The van der Waals surface area contributed by atoms with Gasteiger partial charge in [-0.3, -0.25) is 4.90 Å². The molecule has 0 radical (unpaired) electrons. The molecule has 0 unspecified atom stereocenters. The van der Waals surface area contributed by atoms with Crippen LogP contribution in [-0.2, 0) is 24.4 Å². The SMILES string of the molecule is CCNC(=NCc1ccc(N2CCCC2)nc1)NCc1ccccc1CN1CCOCC1.I. The van der Waals surface area contributed by atoms with Crippen LogP contribution in [0, 0.1) is 0 Å². The number of benzene rings is 1. The molecule has 7 nitrogen and oxygen atoms in total. The number of hydrogen-bond acceptors (Lipinski definition) is 5. The second-order valence-electron chi connectivity index (χ2n) is 8.42. The molecule has 2 aromatic rings. The topological polar surface area (TPSA) is 65.0 Å². The normalized spacial score (nSPS) is 17.0. The summed E-state index contributed by atoms with van der Waals surface area (Å²) in [6.45, 7) is 11.1. The second kappa shape index (κ2) is 13.7. The number of hydrogen-bond donors (Lipinski definition) is 2. The lowest BCUT2D eigenvalue weighted by molar-refractivity contribution is 0.0341. The molecule has 4 rings (SSSR count). The van der Waals surface area contributed by atoms with Crippen molar-refractivity contribution in [3.63, 3.8) is 0 Å². The van der Waals surface area contributed by atoms with E-state index in [-0.39, 0.29) is 24.0 Å². The van der Waals surface area contributed by atoms with Gasteiger partial charge in [-0.05, 0) is 42.5 Å². The first-order chi connectivity index (χ1) is 15.8. The number of nitrogens with one attached hydrogen (secondary N) is 2. The van der Waals surface area contributed by atoms with Crippen molar-refractivity contribution in [1.29, 1.82) is 0 Å². The highest BCUT2D eigenvalue weighted by Crippen LogP contribution is 2.18. The van der Waals surface area contributed by atoms with E-state index in [9.17, 15) is 0 Å². The van der Waals surface area contributed by atoms with Gasteiger partial charge < -0.3 is 20.3 Å². The summed E-state index contributed by atoms with van der Waals surface area (Å²) < 4.78 is 5.48. The number of nitrogens with zero attached hydrogens (tertiary/aromatic N) is 4. The average Bonchev–Trinajstić information content (AvgIpc) is 3.38. The number of rotatable bonds is 8. The van der Waals surface area contributed by atoms with Gasteiger partial charge in [0.15, 0.2) is 5.96 Å². The zero-order valence-electron chi connectivity index (χ0n) is 19.6. The summed E-state index contributed by atoms with van der Waals surface area (Å²) in [5, 5.41) is 6.87. The molecular formula is C25H37IN6O. The van der Waals surface area contributed by atoms with Crippen molar-refractivity contribution in [3.8, 4) is 0 Å².